The lowest BCUT2D eigenvalue weighted by Crippen LogP contribution is -2.19. The molecule has 1 aromatic heterocycles. The van der Waals surface area contributed by atoms with Crippen molar-refractivity contribution in [1.29, 1.82) is 0 Å². The van der Waals surface area contributed by atoms with Crippen LogP contribution in [0.25, 0.3) is 11.4 Å². The Morgan fingerprint density at radius 3 is 2.39 bits per heavy atom. The number of amides is 1. The van der Waals surface area contributed by atoms with Gasteiger partial charge in [-0.1, -0.05) is 43.3 Å². The number of nitrogens with zero attached hydrogens (tertiary/aromatic N) is 2. The number of hydrogen-bond donors (Lipinski definition) is 1. The molecule has 0 aliphatic carbocycles. The van der Waals surface area contributed by atoms with Gasteiger partial charge < -0.3 is 14.6 Å². The number of halogens is 3. The molecule has 3 rings (SSSR count). The Morgan fingerprint density at radius 2 is 1.77 bits per heavy atom. The zero-order valence-electron chi connectivity index (χ0n) is 17.1. The van der Waals surface area contributed by atoms with Gasteiger partial charge in [0.1, 0.15) is 5.75 Å². The summed E-state index contributed by atoms with van der Waals surface area (Å²) in [5, 5.41) is 6.62. The van der Waals surface area contributed by atoms with Gasteiger partial charge in [-0.3, -0.25) is 4.79 Å². The van der Waals surface area contributed by atoms with E-state index in [1.54, 1.807) is 0 Å². The minimum atomic E-state index is -4.40. The highest BCUT2D eigenvalue weighted by atomic mass is 19.4. The number of carbonyl (C=O) groups is 1. The molecule has 0 saturated carbocycles. The molecule has 0 unspecified atom stereocenters. The summed E-state index contributed by atoms with van der Waals surface area (Å²) in [4.78, 5) is 16.4. The monoisotopic (exact) mass is 433 g/mol. The van der Waals surface area contributed by atoms with Gasteiger partial charge in [0.2, 0.25) is 17.6 Å². The standard InChI is InChI=1S/C22H22F3N3O3/c1-14(2)15-3-5-16(6-4-15)21-27-20(31-28-21)12-11-19(29)26-17-7-9-18(10-8-17)30-13-22(23,24)25/h3-10,14H,11-13H2,1-2H3,(H,26,29). The lowest BCUT2D eigenvalue weighted by Gasteiger charge is -2.10. The molecule has 9 heteroatoms. The summed E-state index contributed by atoms with van der Waals surface area (Å²) in [7, 11) is 0. The van der Waals surface area contributed by atoms with Crippen LogP contribution in [0.15, 0.2) is 53.1 Å². The molecule has 0 saturated heterocycles. The number of aromatic nitrogens is 2. The van der Waals surface area contributed by atoms with Crippen LogP contribution in [0.1, 0.15) is 37.6 Å². The highest BCUT2D eigenvalue weighted by molar-refractivity contribution is 5.90. The summed E-state index contributed by atoms with van der Waals surface area (Å²) in [6, 6.07) is 13.5. The molecular formula is C22H22F3N3O3. The first kappa shape index (κ1) is 22.3. The SMILES string of the molecule is CC(C)c1ccc(-c2noc(CCC(=O)Nc3ccc(OCC(F)(F)F)cc3)n2)cc1. The minimum absolute atomic E-state index is 0.0649. The molecule has 0 aliphatic heterocycles. The maximum absolute atomic E-state index is 12.2. The van der Waals surface area contributed by atoms with Crippen LogP contribution in [0.4, 0.5) is 18.9 Å². The van der Waals surface area contributed by atoms with E-state index in [1.165, 1.54) is 29.8 Å². The normalized spacial score (nSPS) is 11.5. The van der Waals surface area contributed by atoms with Gasteiger partial charge in [-0.2, -0.15) is 18.2 Å². The second-order valence-electron chi connectivity index (χ2n) is 7.26. The number of benzene rings is 2. The van der Waals surface area contributed by atoms with Crippen molar-refractivity contribution in [3.63, 3.8) is 0 Å². The molecule has 1 N–H and O–H groups in total. The molecule has 6 nitrogen and oxygen atoms in total. The lowest BCUT2D eigenvalue weighted by atomic mass is 10.0. The summed E-state index contributed by atoms with van der Waals surface area (Å²) in [5.41, 5.74) is 2.49. The van der Waals surface area contributed by atoms with Crippen LogP contribution in [0.2, 0.25) is 0 Å². The molecule has 2 aromatic carbocycles. The van der Waals surface area contributed by atoms with Crippen LogP contribution in [-0.2, 0) is 11.2 Å². The maximum Gasteiger partial charge on any atom is 0.422 e. The first-order chi connectivity index (χ1) is 14.7. The van der Waals surface area contributed by atoms with Gasteiger partial charge in [0, 0.05) is 24.1 Å². The molecule has 0 radical (unpaired) electrons. The van der Waals surface area contributed by atoms with E-state index in [2.05, 4.69) is 34.0 Å². The number of hydrogen-bond acceptors (Lipinski definition) is 5. The Bertz CT molecular complexity index is 997. The molecule has 0 aliphatic rings. The fourth-order valence-electron chi connectivity index (χ4n) is 2.73. The third-order valence-corrected chi connectivity index (χ3v) is 4.41. The number of rotatable bonds is 8. The van der Waals surface area contributed by atoms with E-state index in [1.807, 2.05) is 24.3 Å². The number of anilines is 1. The van der Waals surface area contributed by atoms with Crippen LogP contribution >= 0.6 is 0 Å². The number of carbonyl (C=O) groups excluding carboxylic acids is 1. The average molecular weight is 433 g/mol. The van der Waals surface area contributed by atoms with Gasteiger partial charge in [0.05, 0.1) is 0 Å². The van der Waals surface area contributed by atoms with Gasteiger partial charge in [0.15, 0.2) is 6.61 Å². The predicted molar refractivity (Wildman–Crippen MR) is 109 cm³/mol. The van der Waals surface area contributed by atoms with Crippen molar-refractivity contribution in [3.8, 4) is 17.1 Å². The Balaban J connectivity index is 1.49. The van der Waals surface area contributed by atoms with Crippen molar-refractivity contribution in [1.82, 2.24) is 10.1 Å². The third kappa shape index (κ3) is 6.84. The molecule has 3 aromatic rings. The van der Waals surface area contributed by atoms with Gasteiger partial charge in [0.25, 0.3) is 0 Å². The molecule has 1 heterocycles. The zero-order valence-corrected chi connectivity index (χ0v) is 17.1. The molecular weight excluding hydrogens is 411 g/mol. The summed E-state index contributed by atoms with van der Waals surface area (Å²) in [6.45, 7) is 2.86. The van der Waals surface area contributed by atoms with Crippen LogP contribution < -0.4 is 10.1 Å². The van der Waals surface area contributed by atoms with E-state index >= 15 is 0 Å². The average Bonchev–Trinajstić information content (AvgIpc) is 3.20. The second kappa shape index (κ2) is 9.63. The number of alkyl halides is 3. The van der Waals surface area contributed by atoms with Crippen LogP contribution in [0, 0.1) is 0 Å². The van der Waals surface area contributed by atoms with E-state index in [4.69, 9.17) is 4.52 Å². The molecule has 1 amide bonds. The van der Waals surface area contributed by atoms with Crippen molar-refractivity contribution in [2.24, 2.45) is 0 Å². The minimum Gasteiger partial charge on any atom is -0.484 e. The van der Waals surface area contributed by atoms with Gasteiger partial charge in [-0.15, -0.1) is 0 Å². The predicted octanol–water partition coefficient (Wildman–Crippen LogP) is 5.37. The zero-order chi connectivity index (χ0) is 22.4. The fraction of sp³-hybridized carbons (Fsp3) is 0.318. The lowest BCUT2D eigenvalue weighted by molar-refractivity contribution is -0.153. The van der Waals surface area contributed by atoms with Crippen molar-refractivity contribution in [3.05, 3.63) is 60.0 Å². The van der Waals surface area contributed by atoms with Gasteiger partial charge >= 0.3 is 6.18 Å². The first-order valence-corrected chi connectivity index (χ1v) is 9.72. The first-order valence-electron chi connectivity index (χ1n) is 9.72. The van der Waals surface area contributed by atoms with Gasteiger partial charge in [-0.05, 0) is 35.7 Å². The molecule has 0 atom stereocenters. The van der Waals surface area contributed by atoms with Crippen molar-refractivity contribution in [2.75, 3.05) is 11.9 Å². The maximum atomic E-state index is 12.2. The quantitative estimate of drug-likeness (QED) is 0.517. The van der Waals surface area contributed by atoms with Crippen molar-refractivity contribution in [2.45, 2.75) is 38.8 Å². The molecule has 0 bridgehead atoms. The molecule has 31 heavy (non-hydrogen) atoms. The van der Waals surface area contributed by atoms with Crippen molar-refractivity contribution >= 4 is 11.6 Å². The molecule has 0 fully saturated rings. The number of nitrogens with one attached hydrogen (secondary N) is 1. The Labute approximate surface area is 177 Å². The summed E-state index contributed by atoms with van der Waals surface area (Å²) in [5.74, 6) is 1.01. The van der Waals surface area contributed by atoms with E-state index < -0.39 is 12.8 Å². The third-order valence-electron chi connectivity index (χ3n) is 4.41. The largest absolute Gasteiger partial charge is 0.484 e. The van der Waals surface area contributed by atoms with E-state index in [0.29, 0.717) is 23.3 Å². The summed E-state index contributed by atoms with van der Waals surface area (Å²) in [6.07, 6.45) is -4.03. The van der Waals surface area contributed by atoms with Crippen molar-refractivity contribution < 1.29 is 27.2 Å². The van der Waals surface area contributed by atoms with E-state index in [0.717, 1.165) is 5.56 Å². The van der Waals surface area contributed by atoms with E-state index in [9.17, 15) is 18.0 Å². The fourth-order valence-corrected chi connectivity index (χ4v) is 2.73. The van der Waals surface area contributed by atoms with E-state index in [-0.39, 0.29) is 24.5 Å². The summed E-state index contributed by atoms with van der Waals surface area (Å²) >= 11 is 0. The van der Waals surface area contributed by atoms with Gasteiger partial charge in [-0.25, -0.2) is 0 Å². The van der Waals surface area contributed by atoms with Crippen LogP contribution in [-0.4, -0.2) is 28.8 Å². The Morgan fingerprint density at radius 1 is 1.10 bits per heavy atom. The number of ether oxygens (including phenoxy) is 1. The smallest absolute Gasteiger partial charge is 0.422 e. The highest BCUT2D eigenvalue weighted by Gasteiger charge is 2.28. The molecule has 164 valence electrons. The Kier molecular flexibility index (Phi) is 6.94. The number of aryl methyl sites for hydroxylation is 1. The van der Waals surface area contributed by atoms with Crippen LogP contribution in [0.3, 0.4) is 0 Å². The second-order valence-corrected chi connectivity index (χ2v) is 7.26. The molecule has 0 spiro atoms. The highest BCUT2D eigenvalue weighted by Crippen LogP contribution is 2.22. The topological polar surface area (TPSA) is 77.2 Å². The van der Waals surface area contributed by atoms with Crippen LogP contribution in [0.5, 0.6) is 5.75 Å². The Hall–Kier alpha value is -3.36. The summed E-state index contributed by atoms with van der Waals surface area (Å²) < 4.78 is 46.3.